The molecule has 4 heteroatoms. The van der Waals surface area contributed by atoms with E-state index in [1.807, 2.05) is 0 Å². The van der Waals surface area contributed by atoms with Crippen LogP contribution in [0.1, 0.15) is 101 Å². The Morgan fingerprint density at radius 2 is 1.00 bits per heavy atom. The van der Waals surface area contributed by atoms with Gasteiger partial charge in [0, 0.05) is 0 Å². The number of nitrogens with zero attached hydrogens (tertiary/aromatic N) is 2. The number of halogens is 1. The number of para-hydroxylation sites is 2. The van der Waals surface area contributed by atoms with E-state index in [4.69, 9.17) is 0 Å². The van der Waals surface area contributed by atoms with Crippen molar-refractivity contribution in [2.24, 2.45) is 0 Å². The van der Waals surface area contributed by atoms with E-state index in [2.05, 4.69) is 126 Å². The van der Waals surface area contributed by atoms with Gasteiger partial charge in [-0.2, -0.15) is 0 Å². The third-order valence-electron chi connectivity index (χ3n) is 6.16. The van der Waals surface area contributed by atoms with Crippen molar-refractivity contribution < 1.29 is 17.5 Å². The molecule has 189 valence electrons. The number of aromatic nitrogens is 2. The Bertz CT molecular complexity index is 1040. The molecular weight excluding hydrogens is 530 g/mol. The van der Waals surface area contributed by atoms with Crippen molar-refractivity contribution in [1.82, 2.24) is 9.13 Å². The fourth-order valence-electron chi connectivity index (χ4n) is 4.47. The molecule has 3 aromatic rings. The summed E-state index contributed by atoms with van der Waals surface area (Å²) in [7, 11) is 0. The van der Waals surface area contributed by atoms with E-state index in [0.717, 1.165) is 4.89 Å². The maximum absolute atomic E-state index is 4.04. The van der Waals surface area contributed by atoms with Gasteiger partial charge in [0.25, 0.3) is 0 Å². The van der Waals surface area contributed by atoms with Crippen molar-refractivity contribution in [3.05, 3.63) is 87.6 Å². The van der Waals surface area contributed by atoms with Gasteiger partial charge in [0.1, 0.15) is 0 Å². The Hall–Kier alpha value is -1.66. The molecule has 0 amide bonds. The number of imidazole rings is 1. The monoisotopic (exact) mass is 571 g/mol. The van der Waals surface area contributed by atoms with Gasteiger partial charge in [-0.1, -0.05) is 0 Å². The van der Waals surface area contributed by atoms with Crippen LogP contribution in [0.4, 0.5) is 0 Å². The van der Waals surface area contributed by atoms with E-state index < -0.39 is 0 Å². The Morgan fingerprint density at radius 1 is 0.676 bits per heavy atom. The van der Waals surface area contributed by atoms with Gasteiger partial charge in [-0.15, -0.1) is 12.4 Å². The molecule has 0 saturated heterocycles. The quantitative estimate of drug-likeness (QED) is 0.188. The minimum atomic E-state index is 0. The summed E-state index contributed by atoms with van der Waals surface area (Å²) >= 11 is 0.402. The number of allylic oxidation sites excluding steroid dienone is 1. The van der Waals surface area contributed by atoms with Gasteiger partial charge in [0.15, 0.2) is 0 Å². The minimum Gasteiger partial charge on any atom is -0.147 e. The predicted octanol–water partition coefficient (Wildman–Crippen LogP) is 9.40. The van der Waals surface area contributed by atoms with Gasteiger partial charge >= 0.3 is 210 Å². The molecule has 0 fully saturated rings. The van der Waals surface area contributed by atoms with E-state index in [-0.39, 0.29) is 12.4 Å². The van der Waals surface area contributed by atoms with Crippen LogP contribution in [0.5, 0.6) is 0 Å². The van der Waals surface area contributed by atoms with Crippen molar-refractivity contribution in [2.45, 2.75) is 84.0 Å². The van der Waals surface area contributed by atoms with E-state index in [0.29, 0.717) is 41.2 Å². The molecule has 0 unspecified atom stereocenters. The summed E-state index contributed by atoms with van der Waals surface area (Å²) < 4.78 is 6.35. The largest absolute Gasteiger partial charge is 0.147 e. The SMILES string of the molecule is C=C[CH2][Pd]=[c]1n(-c2c(C(C)C)cccc2C(C)C)ccn1-c1c(C(C)C)cccc1C(C)C.Cl. The van der Waals surface area contributed by atoms with Crippen molar-refractivity contribution in [3.8, 4) is 11.4 Å². The molecule has 0 atom stereocenters. The maximum Gasteiger partial charge on any atom is -0.147 e. The van der Waals surface area contributed by atoms with Crippen molar-refractivity contribution >= 4 is 12.4 Å². The summed E-state index contributed by atoms with van der Waals surface area (Å²) in [6.07, 6.45) is 6.65. The molecular formula is C30H42ClN2Pd. The van der Waals surface area contributed by atoms with E-state index in [9.17, 15) is 0 Å². The number of rotatable bonds is 8. The molecule has 0 aliphatic carbocycles. The van der Waals surface area contributed by atoms with Crippen molar-refractivity contribution in [2.75, 3.05) is 0 Å². The fraction of sp³-hybridized carbons (Fsp3) is 0.433. The van der Waals surface area contributed by atoms with Crippen LogP contribution in [-0.2, 0) is 17.5 Å². The van der Waals surface area contributed by atoms with E-state index in [1.54, 1.807) is 0 Å². The van der Waals surface area contributed by atoms with Gasteiger partial charge in [-0.25, -0.2) is 0 Å². The normalized spacial score (nSPS) is 11.6. The topological polar surface area (TPSA) is 9.86 Å². The van der Waals surface area contributed by atoms with E-state index in [1.165, 1.54) is 37.5 Å². The molecule has 1 heterocycles. The summed E-state index contributed by atoms with van der Waals surface area (Å²) in [5.74, 6) is 1.84. The fourth-order valence-corrected chi connectivity index (χ4v) is 6.09. The summed E-state index contributed by atoms with van der Waals surface area (Å²) in [5.41, 5.74) is 8.40. The number of hydrogen-bond donors (Lipinski definition) is 0. The second-order valence-electron chi connectivity index (χ2n) is 10.00. The van der Waals surface area contributed by atoms with Crippen LogP contribution in [-0.4, -0.2) is 9.13 Å². The predicted molar refractivity (Wildman–Crippen MR) is 147 cm³/mol. The molecule has 0 aliphatic heterocycles. The van der Waals surface area contributed by atoms with Gasteiger partial charge in [0.05, 0.1) is 0 Å². The molecule has 2 aromatic carbocycles. The standard InChI is InChI=1S/C27H36N2.C3H5.ClH.Pd/c1-18(2)22-11-9-12-23(19(3)4)26(22)28-15-16-29(17-28)27-24(20(5)6)13-10-14-25(27)21(7)8;1-3-2;;/h9-16,18-21H,1-8H3;3H,1-2H2;1H;. The van der Waals surface area contributed by atoms with Gasteiger partial charge < -0.3 is 0 Å². The van der Waals surface area contributed by atoms with E-state index >= 15 is 0 Å². The summed E-state index contributed by atoms with van der Waals surface area (Å²) in [5, 5.41) is 0. The number of hydrogen-bond acceptors (Lipinski definition) is 0. The van der Waals surface area contributed by atoms with Gasteiger partial charge in [-0.05, 0) is 0 Å². The molecule has 2 nitrogen and oxygen atoms in total. The molecule has 0 bridgehead atoms. The second-order valence-corrected chi connectivity index (χ2v) is 11.9. The van der Waals surface area contributed by atoms with Crippen LogP contribution in [0.25, 0.3) is 11.4 Å². The molecule has 0 radical (unpaired) electrons. The zero-order chi connectivity index (χ0) is 24.3. The van der Waals surface area contributed by atoms with Crippen molar-refractivity contribution in [3.63, 3.8) is 0 Å². The molecule has 0 N–H and O–H groups in total. The van der Waals surface area contributed by atoms with Crippen LogP contribution < -0.4 is 0 Å². The third kappa shape index (κ3) is 5.76. The smallest absolute Gasteiger partial charge is 0.147 e. The third-order valence-corrected chi connectivity index (χ3v) is 8.16. The first-order valence-corrected chi connectivity index (χ1v) is 14.1. The van der Waals surface area contributed by atoms with Crippen molar-refractivity contribution in [1.29, 1.82) is 0 Å². The Labute approximate surface area is 221 Å². The zero-order valence-electron chi connectivity index (χ0n) is 22.0. The first-order chi connectivity index (χ1) is 15.7. The van der Waals surface area contributed by atoms with Crippen LogP contribution in [0.15, 0.2) is 61.4 Å². The molecule has 34 heavy (non-hydrogen) atoms. The Kier molecular flexibility index (Phi) is 10.4. The first-order valence-electron chi connectivity index (χ1n) is 12.2. The van der Waals surface area contributed by atoms with Gasteiger partial charge in [-0.3, -0.25) is 0 Å². The number of benzene rings is 2. The average Bonchev–Trinajstić information content (AvgIpc) is 3.19. The first kappa shape index (κ1) is 28.6. The minimum absolute atomic E-state index is 0. The van der Waals surface area contributed by atoms with Crippen LogP contribution >= 0.6 is 12.4 Å². The molecule has 0 spiro atoms. The summed E-state index contributed by atoms with van der Waals surface area (Å²) in [4.78, 5) is 1.00. The molecule has 1 aromatic heterocycles. The molecule has 3 rings (SSSR count). The maximum atomic E-state index is 4.04. The van der Waals surface area contributed by atoms with Crippen LogP contribution in [0.3, 0.4) is 0 Å². The molecule has 0 saturated carbocycles. The second kappa shape index (κ2) is 12.3. The summed E-state index contributed by atoms with van der Waals surface area (Å²) in [6.45, 7) is 22.5. The van der Waals surface area contributed by atoms with Crippen LogP contribution in [0.2, 0.25) is 4.89 Å². The summed E-state index contributed by atoms with van der Waals surface area (Å²) in [6, 6.07) is 13.7. The Balaban J connectivity index is 0.00000408. The average molecular weight is 573 g/mol. The van der Waals surface area contributed by atoms with Gasteiger partial charge in [0.2, 0.25) is 0 Å². The zero-order valence-corrected chi connectivity index (χ0v) is 24.4. The Morgan fingerprint density at radius 3 is 1.26 bits per heavy atom. The molecule has 0 aliphatic rings. The van der Waals surface area contributed by atoms with Crippen LogP contribution in [0, 0.1) is 3.89 Å².